The number of benzene rings is 2. The number of nitrogens with zero attached hydrogens (tertiary/aromatic N) is 4. The Morgan fingerprint density at radius 3 is 2.63 bits per heavy atom. The van der Waals surface area contributed by atoms with Gasteiger partial charge in [-0.3, -0.25) is 0 Å². The summed E-state index contributed by atoms with van der Waals surface area (Å²) in [7, 11) is 3.85. The monoisotopic (exact) mass is 523 g/mol. The molecule has 2 aliphatic heterocycles. The van der Waals surface area contributed by atoms with Crippen LogP contribution in [0.4, 0.5) is 26.1 Å². The van der Waals surface area contributed by atoms with Crippen molar-refractivity contribution in [1.29, 1.82) is 0 Å². The van der Waals surface area contributed by atoms with Gasteiger partial charge in [0.25, 0.3) is 0 Å². The van der Waals surface area contributed by atoms with Crippen LogP contribution >= 0.6 is 0 Å². The fourth-order valence-corrected chi connectivity index (χ4v) is 5.42. The standard InChI is InChI=1S/C29H35F2N5O2/c1-18(2)36-11-12-38-28-24(30)14-20(15-26(28)36)27-25(31)16-32-29(34-27)33-22-5-6-23(21(13-22)17-37-4)19-7-9-35(3)10-8-19/h5-6,13-16,18-19H,7-12,17H2,1-4H3,(H,32,33,34). The molecule has 7 nitrogen and oxygen atoms in total. The second kappa shape index (κ2) is 11.2. The van der Waals surface area contributed by atoms with E-state index in [1.54, 1.807) is 13.2 Å². The van der Waals surface area contributed by atoms with Crippen molar-refractivity contribution in [2.45, 2.75) is 45.3 Å². The van der Waals surface area contributed by atoms with Gasteiger partial charge in [0, 0.05) is 24.4 Å². The van der Waals surface area contributed by atoms with E-state index in [2.05, 4.69) is 33.3 Å². The molecule has 0 radical (unpaired) electrons. The lowest BCUT2D eigenvalue weighted by Gasteiger charge is -2.34. The van der Waals surface area contributed by atoms with Crippen LogP contribution in [0.5, 0.6) is 5.75 Å². The molecule has 0 atom stereocenters. The van der Waals surface area contributed by atoms with E-state index in [-0.39, 0.29) is 23.4 Å². The maximum absolute atomic E-state index is 15.0. The third kappa shape index (κ3) is 5.44. The summed E-state index contributed by atoms with van der Waals surface area (Å²) in [5.41, 5.74) is 4.15. The van der Waals surface area contributed by atoms with Crippen LogP contribution in [0.25, 0.3) is 11.3 Å². The van der Waals surface area contributed by atoms with E-state index in [1.807, 2.05) is 30.9 Å². The molecule has 1 fully saturated rings. The van der Waals surface area contributed by atoms with Crippen LogP contribution in [-0.4, -0.2) is 61.3 Å². The minimum atomic E-state index is -0.625. The fraction of sp³-hybridized carbons (Fsp3) is 0.448. The zero-order valence-corrected chi connectivity index (χ0v) is 22.4. The third-order valence-electron chi connectivity index (χ3n) is 7.41. The average Bonchev–Trinajstić information content (AvgIpc) is 2.90. The summed E-state index contributed by atoms with van der Waals surface area (Å²) < 4.78 is 41.0. The molecule has 3 aromatic rings. The topological polar surface area (TPSA) is 62.8 Å². The molecule has 1 aromatic heterocycles. The zero-order valence-electron chi connectivity index (χ0n) is 22.4. The van der Waals surface area contributed by atoms with Crippen molar-refractivity contribution in [3.63, 3.8) is 0 Å². The number of anilines is 3. The Morgan fingerprint density at radius 1 is 1.11 bits per heavy atom. The quantitative estimate of drug-likeness (QED) is 0.425. The Kier molecular flexibility index (Phi) is 7.76. The van der Waals surface area contributed by atoms with Crippen molar-refractivity contribution in [1.82, 2.24) is 14.9 Å². The molecule has 5 rings (SSSR count). The number of likely N-dealkylation sites (tertiary alicyclic amines) is 1. The van der Waals surface area contributed by atoms with Gasteiger partial charge >= 0.3 is 0 Å². The molecule has 1 saturated heterocycles. The third-order valence-corrected chi connectivity index (χ3v) is 7.41. The number of methoxy groups -OCH3 is 1. The van der Waals surface area contributed by atoms with Gasteiger partial charge < -0.3 is 24.6 Å². The van der Waals surface area contributed by atoms with Crippen LogP contribution in [0, 0.1) is 11.6 Å². The van der Waals surface area contributed by atoms with E-state index in [0.717, 1.165) is 43.4 Å². The first-order valence-electron chi connectivity index (χ1n) is 13.2. The molecule has 0 bridgehead atoms. The lowest BCUT2D eigenvalue weighted by molar-refractivity contribution is 0.182. The van der Waals surface area contributed by atoms with E-state index in [9.17, 15) is 4.39 Å². The van der Waals surface area contributed by atoms with E-state index < -0.39 is 11.6 Å². The highest BCUT2D eigenvalue weighted by Crippen LogP contribution is 2.39. The van der Waals surface area contributed by atoms with Crippen LogP contribution < -0.4 is 15.0 Å². The normalized spacial score (nSPS) is 16.4. The molecule has 0 saturated carbocycles. The smallest absolute Gasteiger partial charge is 0.227 e. The van der Waals surface area contributed by atoms with Crippen molar-refractivity contribution in [3.8, 4) is 17.0 Å². The molecule has 9 heteroatoms. The summed E-state index contributed by atoms with van der Waals surface area (Å²) in [6, 6.07) is 9.31. The lowest BCUT2D eigenvalue weighted by atomic mass is 9.86. The van der Waals surface area contributed by atoms with Crippen LogP contribution in [-0.2, 0) is 11.3 Å². The summed E-state index contributed by atoms with van der Waals surface area (Å²) in [6.07, 6.45) is 3.34. The highest BCUT2D eigenvalue weighted by molar-refractivity contribution is 5.73. The lowest BCUT2D eigenvalue weighted by Crippen LogP contribution is -2.38. The molecule has 202 valence electrons. The summed E-state index contributed by atoms with van der Waals surface area (Å²) in [5, 5.41) is 3.20. The van der Waals surface area contributed by atoms with Gasteiger partial charge in [0.05, 0.1) is 25.0 Å². The Balaban J connectivity index is 1.44. The Morgan fingerprint density at radius 2 is 1.89 bits per heavy atom. The Bertz CT molecular complexity index is 1290. The van der Waals surface area contributed by atoms with Crippen molar-refractivity contribution < 1.29 is 18.3 Å². The number of halogens is 2. The molecule has 1 N–H and O–H groups in total. The summed E-state index contributed by atoms with van der Waals surface area (Å²) in [5.74, 6) is -0.249. The molecule has 38 heavy (non-hydrogen) atoms. The average molecular weight is 524 g/mol. The summed E-state index contributed by atoms with van der Waals surface area (Å²) in [6.45, 7) is 7.74. The second-order valence-corrected chi connectivity index (χ2v) is 10.4. The largest absolute Gasteiger partial charge is 0.486 e. The number of ether oxygens (including phenoxy) is 2. The second-order valence-electron chi connectivity index (χ2n) is 10.4. The van der Waals surface area contributed by atoms with Crippen molar-refractivity contribution >= 4 is 17.3 Å². The molecule has 0 unspecified atom stereocenters. The number of aromatic nitrogens is 2. The summed E-state index contributed by atoms with van der Waals surface area (Å²) in [4.78, 5) is 13.0. The highest BCUT2D eigenvalue weighted by atomic mass is 19.1. The number of nitrogens with one attached hydrogen (secondary N) is 1. The first-order chi connectivity index (χ1) is 18.3. The van der Waals surface area contributed by atoms with E-state index in [0.29, 0.717) is 36.9 Å². The maximum Gasteiger partial charge on any atom is 0.227 e. The van der Waals surface area contributed by atoms with Gasteiger partial charge in [-0.25, -0.2) is 18.7 Å². The zero-order chi connectivity index (χ0) is 26.8. The Labute approximate surface area is 222 Å². The SMILES string of the molecule is COCc1cc(Nc2ncc(F)c(-c3cc(F)c4c(c3)N(C(C)C)CCO4)n2)ccc1C1CCN(C)CC1. The van der Waals surface area contributed by atoms with Gasteiger partial charge in [-0.2, -0.15) is 0 Å². The predicted molar refractivity (Wildman–Crippen MR) is 145 cm³/mol. The van der Waals surface area contributed by atoms with E-state index in [1.165, 1.54) is 11.6 Å². The van der Waals surface area contributed by atoms with Crippen LogP contribution in [0.1, 0.15) is 43.7 Å². The molecule has 2 aliphatic rings. The number of piperidine rings is 1. The van der Waals surface area contributed by atoms with Crippen molar-refractivity contribution in [3.05, 3.63) is 59.3 Å². The molecule has 0 aliphatic carbocycles. The fourth-order valence-electron chi connectivity index (χ4n) is 5.42. The van der Waals surface area contributed by atoms with Crippen molar-refractivity contribution in [2.24, 2.45) is 0 Å². The first-order valence-corrected chi connectivity index (χ1v) is 13.2. The number of rotatable bonds is 7. The van der Waals surface area contributed by atoms with Gasteiger partial charge in [-0.1, -0.05) is 6.07 Å². The number of fused-ring (bicyclic) bond motifs is 1. The molecule has 3 heterocycles. The van der Waals surface area contributed by atoms with Gasteiger partial charge in [-0.15, -0.1) is 0 Å². The van der Waals surface area contributed by atoms with Gasteiger partial charge in [0.1, 0.15) is 12.3 Å². The summed E-state index contributed by atoms with van der Waals surface area (Å²) >= 11 is 0. The molecule has 2 aromatic carbocycles. The number of hydrogen-bond acceptors (Lipinski definition) is 7. The van der Waals surface area contributed by atoms with Gasteiger partial charge in [-0.05, 0) is 88.1 Å². The highest BCUT2D eigenvalue weighted by Gasteiger charge is 2.26. The van der Waals surface area contributed by atoms with Crippen LogP contribution in [0.15, 0.2) is 36.5 Å². The van der Waals surface area contributed by atoms with E-state index in [4.69, 9.17) is 9.47 Å². The van der Waals surface area contributed by atoms with Crippen LogP contribution in [0.2, 0.25) is 0 Å². The van der Waals surface area contributed by atoms with E-state index >= 15 is 4.39 Å². The van der Waals surface area contributed by atoms with Crippen LogP contribution in [0.3, 0.4) is 0 Å². The minimum Gasteiger partial charge on any atom is -0.486 e. The molecular formula is C29H35F2N5O2. The first kappa shape index (κ1) is 26.3. The van der Waals surface area contributed by atoms with Crippen molar-refractivity contribution in [2.75, 3.05) is 50.6 Å². The van der Waals surface area contributed by atoms with Gasteiger partial charge in [0.15, 0.2) is 17.4 Å². The molecule has 0 amide bonds. The maximum atomic E-state index is 15.0. The molecule has 0 spiro atoms. The Hall–Kier alpha value is -3.30. The minimum absolute atomic E-state index is 0.0264. The molecular weight excluding hydrogens is 488 g/mol. The predicted octanol–water partition coefficient (Wildman–Crippen LogP) is 5.73. The van der Waals surface area contributed by atoms with Gasteiger partial charge in [0.2, 0.25) is 5.95 Å². The number of hydrogen-bond donors (Lipinski definition) is 1.